The quantitative estimate of drug-likeness (QED) is 0.331. The van der Waals surface area contributed by atoms with Crippen LogP contribution in [0.15, 0.2) is 42.5 Å². The summed E-state index contributed by atoms with van der Waals surface area (Å²) >= 11 is 1.97. The van der Waals surface area contributed by atoms with Gasteiger partial charge in [0.2, 0.25) is 0 Å². The van der Waals surface area contributed by atoms with Crippen molar-refractivity contribution in [2.45, 2.75) is 13.5 Å². The second-order valence-electron chi connectivity index (χ2n) is 4.39. The molecule has 2 aromatic rings. The van der Waals surface area contributed by atoms with E-state index >= 15 is 0 Å². The van der Waals surface area contributed by atoms with Crippen molar-refractivity contribution in [3.8, 4) is 5.75 Å². The zero-order chi connectivity index (χ0) is 15.4. The molecule has 0 heterocycles. The summed E-state index contributed by atoms with van der Waals surface area (Å²) < 4.78 is 6.18. The number of nitro benzene ring substituents is 1. The summed E-state index contributed by atoms with van der Waals surface area (Å²) in [5, 5.41) is 11.1. The highest BCUT2D eigenvalue weighted by atomic mass is 127. The Labute approximate surface area is 135 Å². The third-order valence-corrected chi connectivity index (χ3v) is 3.75. The number of ketones is 1. The van der Waals surface area contributed by atoms with Crippen molar-refractivity contribution in [1.29, 1.82) is 0 Å². The highest BCUT2D eigenvalue weighted by Crippen LogP contribution is 2.32. The van der Waals surface area contributed by atoms with E-state index in [1.165, 1.54) is 19.1 Å². The van der Waals surface area contributed by atoms with E-state index in [0.717, 1.165) is 5.56 Å². The fourth-order valence-corrected chi connectivity index (χ4v) is 2.63. The van der Waals surface area contributed by atoms with Gasteiger partial charge in [0.05, 0.1) is 4.92 Å². The van der Waals surface area contributed by atoms with Crippen LogP contribution in [0.4, 0.5) is 5.69 Å². The zero-order valence-electron chi connectivity index (χ0n) is 11.2. The summed E-state index contributed by atoms with van der Waals surface area (Å²) in [5.74, 6) is -0.0460. The van der Waals surface area contributed by atoms with Gasteiger partial charge in [-0.25, -0.2) is 0 Å². The molecule has 21 heavy (non-hydrogen) atoms. The number of Topliss-reactive ketones (excluding diaryl/α,β-unsaturated/α-hetero) is 1. The first-order valence-corrected chi connectivity index (χ1v) is 7.22. The lowest BCUT2D eigenvalue weighted by molar-refractivity contribution is -0.386. The average molecular weight is 397 g/mol. The first-order chi connectivity index (χ1) is 9.99. The highest BCUT2D eigenvalue weighted by molar-refractivity contribution is 14.1. The maximum Gasteiger partial charge on any atom is 0.311 e. The fraction of sp³-hybridized carbons (Fsp3) is 0.133. The second-order valence-corrected chi connectivity index (χ2v) is 5.55. The molecule has 0 atom stereocenters. The van der Waals surface area contributed by atoms with Gasteiger partial charge in [-0.2, -0.15) is 0 Å². The molecule has 0 amide bonds. The van der Waals surface area contributed by atoms with Crippen molar-refractivity contribution < 1.29 is 14.5 Å². The number of rotatable bonds is 5. The molecule has 0 radical (unpaired) electrons. The summed E-state index contributed by atoms with van der Waals surface area (Å²) in [6.07, 6.45) is 0. The molecule has 0 aliphatic rings. The Balaban J connectivity index is 2.32. The number of hydrogen-bond donors (Lipinski definition) is 0. The van der Waals surface area contributed by atoms with Gasteiger partial charge < -0.3 is 4.74 Å². The van der Waals surface area contributed by atoms with E-state index in [1.807, 2.05) is 52.9 Å². The Kier molecular flexibility index (Phi) is 4.89. The van der Waals surface area contributed by atoms with Crippen LogP contribution in [0.2, 0.25) is 0 Å². The number of carbonyl (C=O) groups is 1. The van der Waals surface area contributed by atoms with Gasteiger partial charge in [0.25, 0.3) is 0 Å². The lowest BCUT2D eigenvalue weighted by Crippen LogP contribution is -2.03. The predicted molar refractivity (Wildman–Crippen MR) is 86.6 cm³/mol. The molecule has 0 aliphatic carbocycles. The van der Waals surface area contributed by atoms with Crippen molar-refractivity contribution in [3.05, 3.63) is 67.3 Å². The fourth-order valence-electron chi connectivity index (χ4n) is 1.81. The van der Waals surface area contributed by atoms with Gasteiger partial charge in [-0.05, 0) is 35.1 Å². The van der Waals surface area contributed by atoms with Crippen molar-refractivity contribution in [1.82, 2.24) is 0 Å². The van der Waals surface area contributed by atoms with Crippen LogP contribution in [0.1, 0.15) is 22.8 Å². The molecule has 0 bridgehead atoms. The highest BCUT2D eigenvalue weighted by Gasteiger charge is 2.20. The van der Waals surface area contributed by atoms with Gasteiger partial charge in [-0.1, -0.05) is 30.3 Å². The summed E-state index contributed by atoms with van der Waals surface area (Å²) in [6, 6.07) is 12.2. The van der Waals surface area contributed by atoms with Crippen LogP contribution < -0.4 is 4.74 Å². The molecule has 0 spiro atoms. The largest absolute Gasteiger partial charge is 0.482 e. The first kappa shape index (κ1) is 15.4. The maximum absolute atomic E-state index is 11.5. The number of hydrogen-bond acceptors (Lipinski definition) is 4. The third-order valence-electron chi connectivity index (χ3n) is 2.86. The lowest BCUT2D eigenvalue weighted by Gasteiger charge is -2.09. The molecule has 0 aromatic heterocycles. The van der Waals surface area contributed by atoms with E-state index in [9.17, 15) is 14.9 Å². The third kappa shape index (κ3) is 3.78. The van der Waals surface area contributed by atoms with E-state index in [2.05, 4.69) is 0 Å². The molecule has 0 saturated heterocycles. The number of ether oxygens (including phenoxy) is 1. The van der Waals surface area contributed by atoms with Crippen molar-refractivity contribution in [2.24, 2.45) is 0 Å². The van der Waals surface area contributed by atoms with Gasteiger partial charge >= 0.3 is 5.69 Å². The minimum atomic E-state index is -0.539. The predicted octanol–water partition coefficient (Wildman–Crippen LogP) is 3.98. The molecule has 0 fully saturated rings. The SMILES string of the molecule is CC(=O)c1cc([N+](=O)[O-])c(OCc2ccccc2)cc1I. The van der Waals surface area contributed by atoms with Gasteiger partial charge in [-0.15, -0.1) is 0 Å². The van der Waals surface area contributed by atoms with E-state index in [-0.39, 0.29) is 23.8 Å². The number of carbonyl (C=O) groups excluding carboxylic acids is 1. The summed E-state index contributed by atoms with van der Waals surface area (Å²) in [6.45, 7) is 1.61. The van der Waals surface area contributed by atoms with Crippen molar-refractivity contribution >= 4 is 34.1 Å². The summed E-state index contributed by atoms with van der Waals surface area (Å²) in [5.41, 5.74) is 1.04. The standard InChI is InChI=1S/C15H12INO4/c1-10(18)12-7-14(17(19)20)15(8-13(12)16)21-9-11-5-3-2-4-6-11/h2-8H,9H2,1H3. The molecular formula is C15H12INO4. The molecule has 5 nitrogen and oxygen atoms in total. The van der Waals surface area contributed by atoms with Crippen LogP contribution in [0, 0.1) is 13.7 Å². The molecule has 108 valence electrons. The Morgan fingerprint density at radius 1 is 1.29 bits per heavy atom. The smallest absolute Gasteiger partial charge is 0.311 e. The molecule has 0 saturated carbocycles. The van der Waals surface area contributed by atoms with Crippen LogP contribution in [0.25, 0.3) is 0 Å². The Morgan fingerprint density at radius 3 is 2.52 bits per heavy atom. The van der Waals surface area contributed by atoms with Gasteiger partial charge in [0, 0.05) is 21.3 Å². The summed E-state index contributed by atoms with van der Waals surface area (Å²) in [7, 11) is 0. The van der Waals surface area contributed by atoms with Gasteiger partial charge in [-0.3, -0.25) is 14.9 Å². The molecule has 6 heteroatoms. The average Bonchev–Trinajstić information content (AvgIpc) is 2.45. The van der Waals surface area contributed by atoms with E-state index in [1.54, 1.807) is 0 Å². The topological polar surface area (TPSA) is 69.4 Å². The first-order valence-electron chi connectivity index (χ1n) is 6.14. The van der Waals surface area contributed by atoms with E-state index in [0.29, 0.717) is 9.13 Å². The van der Waals surface area contributed by atoms with Crippen LogP contribution in [0.3, 0.4) is 0 Å². The second kappa shape index (κ2) is 6.66. The molecule has 0 N–H and O–H groups in total. The number of benzene rings is 2. The van der Waals surface area contributed by atoms with Crippen LogP contribution in [0.5, 0.6) is 5.75 Å². The molecule has 2 rings (SSSR count). The molecule has 2 aromatic carbocycles. The number of nitrogens with zero attached hydrogens (tertiary/aromatic N) is 1. The number of nitro groups is 1. The zero-order valence-corrected chi connectivity index (χ0v) is 13.4. The maximum atomic E-state index is 11.5. The van der Waals surface area contributed by atoms with Gasteiger partial charge in [0.1, 0.15) is 6.61 Å². The van der Waals surface area contributed by atoms with Crippen molar-refractivity contribution in [2.75, 3.05) is 0 Å². The van der Waals surface area contributed by atoms with E-state index < -0.39 is 4.92 Å². The normalized spacial score (nSPS) is 10.2. The van der Waals surface area contributed by atoms with Gasteiger partial charge in [0.15, 0.2) is 11.5 Å². The summed E-state index contributed by atoms with van der Waals surface area (Å²) in [4.78, 5) is 22.1. The van der Waals surface area contributed by atoms with Crippen molar-refractivity contribution in [3.63, 3.8) is 0 Å². The minimum Gasteiger partial charge on any atom is -0.482 e. The Morgan fingerprint density at radius 2 is 1.95 bits per heavy atom. The molecular weight excluding hydrogens is 385 g/mol. The van der Waals surface area contributed by atoms with Crippen LogP contribution >= 0.6 is 22.6 Å². The van der Waals surface area contributed by atoms with E-state index in [4.69, 9.17) is 4.74 Å². The molecule has 0 unspecified atom stereocenters. The Bertz CT molecular complexity index is 686. The monoisotopic (exact) mass is 397 g/mol. The minimum absolute atomic E-state index is 0.165. The lowest BCUT2D eigenvalue weighted by atomic mass is 10.1. The van der Waals surface area contributed by atoms with Crippen LogP contribution in [-0.2, 0) is 6.61 Å². The number of halogens is 1. The Hall–Kier alpha value is -1.96. The van der Waals surface area contributed by atoms with Crippen LogP contribution in [-0.4, -0.2) is 10.7 Å². The molecule has 0 aliphatic heterocycles.